The van der Waals surface area contributed by atoms with Gasteiger partial charge in [0.25, 0.3) is 6.43 Å². The zero-order valence-corrected chi connectivity index (χ0v) is 27.9. The highest BCUT2D eigenvalue weighted by Gasteiger charge is 2.46. The molecule has 0 heterocycles. The van der Waals surface area contributed by atoms with E-state index in [1.807, 2.05) is 73.8 Å². The maximum Gasteiger partial charge on any atom is 0.310 e. The van der Waals surface area contributed by atoms with E-state index in [0.29, 0.717) is 6.92 Å². The maximum atomic E-state index is 14.0. The molecule has 2 N–H and O–H groups in total. The summed E-state index contributed by atoms with van der Waals surface area (Å²) in [5.41, 5.74) is -4.68. The van der Waals surface area contributed by atoms with Gasteiger partial charge < -0.3 is 10.2 Å². The summed E-state index contributed by atoms with van der Waals surface area (Å²) in [6, 6.07) is 23.6. The molecule has 0 aliphatic carbocycles. The summed E-state index contributed by atoms with van der Waals surface area (Å²) in [5, 5.41) is 20.2. The van der Waals surface area contributed by atoms with E-state index in [9.17, 15) is 31.4 Å². The quantitative estimate of drug-likeness (QED) is 0.0936. The van der Waals surface area contributed by atoms with Gasteiger partial charge in [-0.15, -0.1) is 44.3 Å². The minimum Gasteiger partial charge on any atom is -0.508 e. The van der Waals surface area contributed by atoms with Crippen LogP contribution in [-0.2, 0) is 5.41 Å². The Hall–Kier alpha value is -2.35. The molecule has 0 spiro atoms. The van der Waals surface area contributed by atoms with E-state index in [1.54, 1.807) is 0 Å². The van der Waals surface area contributed by atoms with Crippen LogP contribution < -0.4 is 10.4 Å². The van der Waals surface area contributed by atoms with Crippen molar-refractivity contribution >= 4 is 68.1 Å². The van der Waals surface area contributed by atoms with E-state index in [1.165, 1.54) is 0 Å². The van der Waals surface area contributed by atoms with Gasteiger partial charge in [0, 0.05) is 5.56 Å². The van der Waals surface area contributed by atoms with Crippen molar-refractivity contribution in [2.45, 2.75) is 31.9 Å². The van der Waals surface area contributed by atoms with Gasteiger partial charge in [-0.25, -0.2) is 17.6 Å². The Morgan fingerprint density at radius 1 is 0.628 bits per heavy atom. The first-order chi connectivity index (χ1) is 19.8. The summed E-state index contributed by atoms with van der Waals surface area (Å²) < 4.78 is 82.1. The van der Waals surface area contributed by atoms with Gasteiger partial charge in [-0.05, 0) is 48.1 Å². The van der Waals surface area contributed by atoms with Crippen LogP contribution in [0.15, 0.2) is 84.9 Å². The van der Waals surface area contributed by atoms with Gasteiger partial charge >= 0.3 is 6.69 Å². The van der Waals surface area contributed by atoms with Crippen molar-refractivity contribution in [1.82, 2.24) is 0 Å². The van der Waals surface area contributed by atoms with Crippen molar-refractivity contribution in [3.05, 3.63) is 119 Å². The van der Waals surface area contributed by atoms with Gasteiger partial charge in [0.2, 0.25) is 18.3 Å². The van der Waals surface area contributed by atoms with Gasteiger partial charge in [-0.3, -0.25) is 0 Å². The number of hydrogen-bond acceptors (Lipinski definition) is 2. The third kappa shape index (κ3) is 9.32. The molecule has 0 saturated heterocycles. The fourth-order valence-electron chi connectivity index (χ4n) is 3.72. The smallest absolute Gasteiger partial charge is 0.310 e. The highest BCUT2D eigenvalue weighted by Crippen LogP contribution is 2.43. The molecule has 0 fully saturated rings. The zero-order chi connectivity index (χ0) is 32.8. The van der Waals surface area contributed by atoms with Crippen LogP contribution >= 0.6 is 44.3 Å². The molecule has 0 bridgehead atoms. The number of phenols is 2. The maximum absolute atomic E-state index is 14.0. The highest BCUT2D eigenvalue weighted by molar-refractivity contribution is 7.56. The average molecular weight is 718 g/mol. The van der Waals surface area contributed by atoms with Crippen molar-refractivity contribution in [3.63, 3.8) is 0 Å². The molecule has 43 heavy (non-hydrogen) atoms. The lowest BCUT2D eigenvalue weighted by atomic mass is 9.75. The summed E-state index contributed by atoms with van der Waals surface area (Å²) in [4.78, 5) is 0. The van der Waals surface area contributed by atoms with E-state index in [2.05, 4.69) is 0 Å². The third-order valence-electron chi connectivity index (χ3n) is 5.94. The Labute approximate surface area is 266 Å². The molecular formula is C29H26Cl4F6O2Si2. The van der Waals surface area contributed by atoms with Gasteiger partial charge in [0.15, 0.2) is 17.4 Å². The van der Waals surface area contributed by atoms with Crippen molar-refractivity contribution < 1.29 is 36.6 Å². The summed E-state index contributed by atoms with van der Waals surface area (Å²) in [7, 11) is 0. The number of aromatic hydroxyl groups is 2. The van der Waals surface area contributed by atoms with E-state index in [0.717, 1.165) is 34.6 Å². The third-order valence-corrected chi connectivity index (χ3v) is 10.7. The molecule has 14 heteroatoms. The van der Waals surface area contributed by atoms with Crippen LogP contribution in [0.4, 0.5) is 26.3 Å². The number of hydrogen-bond donors (Lipinski definition) is 2. The van der Waals surface area contributed by atoms with Crippen molar-refractivity contribution in [1.29, 1.82) is 0 Å². The van der Waals surface area contributed by atoms with E-state index in [-0.39, 0.29) is 11.3 Å². The van der Waals surface area contributed by atoms with Gasteiger partial charge in [0.05, 0.1) is 5.41 Å². The molecule has 0 amide bonds. The molecule has 0 aliphatic heterocycles. The molecule has 0 radical (unpaired) electrons. The summed E-state index contributed by atoms with van der Waals surface area (Å²) >= 11 is 23.9. The number of rotatable bonds is 5. The Morgan fingerprint density at radius 3 is 1.30 bits per heavy atom. The first-order valence-corrected chi connectivity index (χ1v) is 21.4. The van der Waals surface area contributed by atoms with Crippen LogP contribution in [0.2, 0.25) is 13.1 Å². The van der Waals surface area contributed by atoms with Gasteiger partial charge in [0.1, 0.15) is 5.75 Å². The van der Waals surface area contributed by atoms with Crippen molar-refractivity contribution in [2.75, 3.05) is 0 Å². The monoisotopic (exact) mass is 716 g/mol. The van der Waals surface area contributed by atoms with Crippen LogP contribution in [0.1, 0.15) is 18.1 Å². The molecule has 4 aromatic rings. The van der Waals surface area contributed by atoms with Crippen LogP contribution in [0.25, 0.3) is 0 Å². The Bertz CT molecular complexity index is 1420. The summed E-state index contributed by atoms with van der Waals surface area (Å²) in [6.07, 6.45) is -3.45. The fraction of sp³-hybridized carbons (Fsp3) is 0.172. The Kier molecular flexibility index (Phi) is 12.9. The SMILES string of the molecule is CC(c1ccc(O)cc1)(c1c(F)c(F)c(O)c(F)c1F)C(F)F.C[Si](C)(Cl)Cl.Cl[Si](Cl)(c1ccccc1)c1ccccc1. The number of benzene rings is 4. The molecule has 4 aromatic carbocycles. The second-order valence-electron chi connectivity index (χ2n) is 9.66. The minimum absolute atomic E-state index is 0.297. The predicted molar refractivity (Wildman–Crippen MR) is 167 cm³/mol. The zero-order valence-electron chi connectivity index (χ0n) is 22.8. The van der Waals surface area contributed by atoms with Crippen LogP contribution in [-0.4, -0.2) is 30.0 Å². The van der Waals surface area contributed by atoms with Crippen LogP contribution in [0, 0.1) is 23.3 Å². The summed E-state index contributed by atoms with van der Waals surface area (Å²) in [6.45, 7) is 0.233. The van der Waals surface area contributed by atoms with E-state index >= 15 is 0 Å². The molecule has 1 unspecified atom stereocenters. The lowest BCUT2D eigenvalue weighted by Crippen LogP contribution is -2.48. The lowest BCUT2D eigenvalue weighted by Gasteiger charge is -2.31. The summed E-state index contributed by atoms with van der Waals surface area (Å²) in [5.74, 6) is -10.8. The molecular weight excluding hydrogens is 692 g/mol. The number of alkyl halides is 2. The van der Waals surface area contributed by atoms with Gasteiger partial charge in [-0.2, -0.15) is 8.78 Å². The molecule has 232 valence electrons. The first kappa shape index (κ1) is 36.8. The minimum atomic E-state index is -3.45. The second-order valence-corrected chi connectivity index (χ2v) is 24.9. The molecule has 0 saturated carbocycles. The normalized spacial score (nSPS) is 12.9. The number of phenolic OH excluding ortho intramolecular Hbond substituents is 2. The average Bonchev–Trinajstić information content (AvgIpc) is 2.95. The molecule has 0 aromatic heterocycles. The van der Waals surface area contributed by atoms with Crippen molar-refractivity contribution in [3.8, 4) is 11.5 Å². The van der Waals surface area contributed by atoms with E-state index in [4.69, 9.17) is 49.4 Å². The Morgan fingerprint density at radius 2 is 0.977 bits per heavy atom. The predicted octanol–water partition coefficient (Wildman–Crippen LogP) is 9.11. The number of halogens is 10. The fourth-order valence-corrected chi connectivity index (χ4v) is 6.79. The molecule has 1 atom stereocenters. The molecule has 0 aliphatic rings. The Balaban J connectivity index is 0.000000275. The largest absolute Gasteiger partial charge is 0.508 e. The van der Waals surface area contributed by atoms with E-state index < -0.39 is 59.8 Å². The topological polar surface area (TPSA) is 40.5 Å². The van der Waals surface area contributed by atoms with Crippen molar-refractivity contribution in [2.24, 2.45) is 0 Å². The molecule has 4 rings (SSSR count). The highest BCUT2D eigenvalue weighted by atomic mass is 35.7. The first-order valence-electron chi connectivity index (χ1n) is 12.3. The van der Waals surface area contributed by atoms with Crippen LogP contribution in [0.3, 0.4) is 0 Å². The second kappa shape index (κ2) is 15.1. The van der Waals surface area contributed by atoms with Gasteiger partial charge in [-0.1, -0.05) is 72.8 Å². The standard InChI is InChI=1S/C15H10F6O2.C12H10Cl2Si.C2H6Cl2Si/c1-15(14(20)21,6-2-4-7(22)5-3-6)8-9(16)11(18)13(23)12(19)10(8)17;13-15(14,11-7-3-1-4-8-11)12-9-5-2-6-10-12;1-5(2,3)4/h2-5,14,22-23H,1H3;1-10H;1-2H3. The van der Waals surface area contributed by atoms with Crippen LogP contribution in [0.5, 0.6) is 11.5 Å². The lowest BCUT2D eigenvalue weighted by molar-refractivity contribution is 0.0754. The molecule has 2 nitrogen and oxygen atoms in total.